The van der Waals surface area contributed by atoms with Gasteiger partial charge < -0.3 is 5.48 Å². The van der Waals surface area contributed by atoms with Gasteiger partial charge in [-0.3, -0.25) is 0 Å². The van der Waals surface area contributed by atoms with Crippen molar-refractivity contribution in [3.8, 4) is 0 Å². The fourth-order valence-corrected chi connectivity index (χ4v) is 0. The normalized spacial score (nSPS) is 1.67. The Morgan fingerprint density at radius 2 is 1.50 bits per heavy atom. The molecule has 4 nitrogen and oxygen atoms in total. The SMILES string of the molecule is O.O=C=O.[C-]#[O+].[HH].[HH]. The van der Waals surface area contributed by atoms with Crippen molar-refractivity contribution < 1.29 is 22.6 Å². The van der Waals surface area contributed by atoms with Crippen LogP contribution in [0.1, 0.15) is 2.85 Å². The fourth-order valence-electron chi connectivity index (χ4n) is 0. The predicted octanol–water partition coefficient (Wildman–Crippen LogP) is -0.954. The molecule has 0 aromatic carbocycles. The van der Waals surface area contributed by atoms with Crippen LogP contribution in [0.25, 0.3) is 0 Å². The van der Waals surface area contributed by atoms with Crippen LogP contribution in [0.15, 0.2) is 0 Å². The molecule has 0 aromatic rings. The largest absolute Gasteiger partial charge is 0 e. The van der Waals surface area contributed by atoms with Gasteiger partial charge in [-0.15, -0.1) is 0 Å². The molecule has 2 N–H and O–H groups in total. The Morgan fingerprint density at radius 3 is 1.50 bits per heavy atom. The predicted molar refractivity (Wildman–Crippen MR) is 16.8 cm³/mol. The van der Waals surface area contributed by atoms with Crippen LogP contribution in [-0.4, -0.2) is 11.6 Å². The molecule has 0 rings (SSSR count). The second-order valence-corrected chi connectivity index (χ2v) is 0.0833. The van der Waals surface area contributed by atoms with Crippen molar-refractivity contribution in [2.24, 2.45) is 0 Å². The van der Waals surface area contributed by atoms with Crippen molar-refractivity contribution in [3.63, 3.8) is 0 Å². The molecule has 38 valence electrons. The Balaban J connectivity index is -0.00000000567. The molecule has 0 spiro atoms. The molecule has 0 atom stereocenters. The van der Waals surface area contributed by atoms with Crippen molar-refractivity contribution in [1.82, 2.24) is 0 Å². The average molecular weight is 94.1 g/mol. The number of hydrogen-bond acceptors (Lipinski definition) is 2. The van der Waals surface area contributed by atoms with E-state index < -0.39 is 0 Å². The summed E-state index contributed by atoms with van der Waals surface area (Å²) in [4.78, 5) is 16.2. The molecule has 0 unspecified atom stereocenters. The summed E-state index contributed by atoms with van der Waals surface area (Å²) in [6.45, 7) is 4.50. The molecule has 0 aliphatic rings. The Hall–Kier alpha value is -0.920. The first-order chi connectivity index (χ1) is 2.41. The molecule has 6 heavy (non-hydrogen) atoms. The van der Waals surface area contributed by atoms with Gasteiger partial charge >= 0.3 is 17.5 Å². The minimum absolute atomic E-state index is 0. The number of rotatable bonds is 0. The third kappa shape index (κ3) is 15.7. The first kappa shape index (κ1) is 19.5. The van der Waals surface area contributed by atoms with Crippen LogP contribution in [0.3, 0.4) is 0 Å². The fraction of sp³-hybridized carbons (Fsp3) is 0. The van der Waals surface area contributed by atoms with E-state index >= 15 is 0 Å². The molecule has 0 saturated carbocycles. The van der Waals surface area contributed by atoms with Crippen LogP contribution < -0.4 is 0 Å². The van der Waals surface area contributed by atoms with E-state index in [2.05, 4.69) is 6.65 Å². The van der Waals surface area contributed by atoms with E-state index in [-0.39, 0.29) is 14.5 Å². The van der Waals surface area contributed by atoms with Gasteiger partial charge in [0.25, 0.3) is 0 Å². The van der Waals surface area contributed by atoms with Gasteiger partial charge in [0.05, 0.1) is 0 Å². The van der Waals surface area contributed by atoms with Crippen molar-refractivity contribution in [2.45, 2.75) is 0 Å². The number of hydrogen-bond donors (Lipinski definition) is 0. The van der Waals surface area contributed by atoms with E-state index in [4.69, 9.17) is 14.2 Å². The van der Waals surface area contributed by atoms with Gasteiger partial charge in [-0.25, -0.2) is 0 Å². The Morgan fingerprint density at radius 1 is 1.50 bits per heavy atom. The van der Waals surface area contributed by atoms with Crippen LogP contribution in [0, 0.1) is 6.65 Å². The van der Waals surface area contributed by atoms with Gasteiger partial charge in [-0.1, -0.05) is 0 Å². The van der Waals surface area contributed by atoms with Crippen molar-refractivity contribution in [1.29, 1.82) is 0 Å². The maximum atomic E-state index is 8.12. The summed E-state index contributed by atoms with van der Waals surface area (Å²) in [5.41, 5.74) is 0. The zero-order chi connectivity index (χ0) is 4.71. The molecule has 0 heterocycles. The molecule has 0 aromatic heterocycles. The summed E-state index contributed by atoms with van der Waals surface area (Å²) in [5, 5.41) is 0. The van der Waals surface area contributed by atoms with Crippen molar-refractivity contribution in [3.05, 3.63) is 6.65 Å². The van der Waals surface area contributed by atoms with E-state index in [9.17, 15) is 0 Å². The van der Waals surface area contributed by atoms with Crippen LogP contribution in [0.5, 0.6) is 0 Å². The summed E-state index contributed by atoms with van der Waals surface area (Å²) >= 11 is 0. The molecule has 0 aliphatic heterocycles. The zero-order valence-electron chi connectivity index (χ0n) is 2.72. The van der Waals surface area contributed by atoms with Crippen LogP contribution in [0.4, 0.5) is 0 Å². The summed E-state index contributed by atoms with van der Waals surface area (Å²) < 4.78 is 7.50. The molecule has 0 fully saturated rings. The van der Waals surface area contributed by atoms with E-state index in [1.165, 1.54) is 0 Å². The second-order valence-electron chi connectivity index (χ2n) is 0.0833. The van der Waals surface area contributed by atoms with E-state index in [1.54, 1.807) is 0 Å². The first-order valence-electron chi connectivity index (χ1n) is 0.612. The Bertz CT molecular complexity index is 54.3. The molecular weight excluding hydrogens is 88.0 g/mol. The Kier molecular flexibility index (Phi) is 19700. The summed E-state index contributed by atoms with van der Waals surface area (Å²) in [7, 11) is 0. The van der Waals surface area contributed by atoms with Crippen LogP contribution >= 0.6 is 0 Å². The topological polar surface area (TPSA) is 85.5 Å². The van der Waals surface area contributed by atoms with Gasteiger partial charge in [0.1, 0.15) is 0 Å². The first-order valence-corrected chi connectivity index (χ1v) is 0.612. The van der Waals surface area contributed by atoms with E-state index in [1.807, 2.05) is 0 Å². The number of carbonyl (C=O) groups excluding carboxylic acids is 2. The summed E-state index contributed by atoms with van der Waals surface area (Å²) in [6, 6.07) is 0. The van der Waals surface area contributed by atoms with Gasteiger partial charge in [-0.05, 0) is 0 Å². The third-order valence-corrected chi connectivity index (χ3v) is 0. The summed E-state index contributed by atoms with van der Waals surface area (Å²) in [6.07, 6.45) is 0.250. The maximum absolute atomic E-state index is 8.12. The van der Waals surface area contributed by atoms with Crippen molar-refractivity contribution in [2.75, 3.05) is 0 Å². The maximum Gasteiger partial charge on any atom is 0 e. The van der Waals surface area contributed by atoms with Crippen LogP contribution in [0.2, 0.25) is 0 Å². The zero-order valence-corrected chi connectivity index (χ0v) is 2.72. The average Bonchev–Trinajstić information content (AvgIpc) is 1.46. The van der Waals surface area contributed by atoms with Crippen molar-refractivity contribution >= 4 is 6.15 Å². The van der Waals surface area contributed by atoms with Gasteiger partial charge in [0.2, 0.25) is 0 Å². The Labute approximate surface area is 36.8 Å². The molecule has 0 aliphatic carbocycles. The smallest absolute Gasteiger partial charge is 0 e. The second kappa shape index (κ2) is 6050. The minimum atomic E-state index is 0. The minimum Gasteiger partial charge on any atom is 0 e. The molecule has 0 bridgehead atoms. The van der Waals surface area contributed by atoms with E-state index in [0.717, 1.165) is 0 Å². The quantitative estimate of drug-likeness (QED) is 0.286. The summed E-state index contributed by atoms with van der Waals surface area (Å²) in [5.74, 6) is 0. The third-order valence-electron chi connectivity index (χ3n) is 0. The molecule has 4 heteroatoms. The van der Waals surface area contributed by atoms with Crippen LogP contribution in [-0.2, 0) is 14.2 Å². The molecule has 0 amide bonds. The van der Waals surface area contributed by atoms with E-state index in [0.29, 0.717) is 0 Å². The van der Waals surface area contributed by atoms with Gasteiger partial charge in [0, 0.05) is 2.85 Å². The standard InChI is InChI=1S/CO2.CO.H2O.2H2/c2-1-3;1-2;;;/h;;1H2;2*1H. The molecule has 0 saturated heterocycles. The molecule has 0 radical (unpaired) electrons. The van der Waals surface area contributed by atoms with Gasteiger partial charge in [-0.2, -0.15) is 9.59 Å². The van der Waals surface area contributed by atoms with Gasteiger partial charge in [0.15, 0.2) is 0 Å². The monoisotopic (exact) mass is 94.0 g/mol. The molecular formula is C2H6O4.